The summed E-state index contributed by atoms with van der Waals surface area (Å²) in [5, 5.41) is 10.7. The Morgan fingerprint density at radius 1 is 1.31 bits per heavy atom. The van der Waals surface area contributed by atoms with Gasteiger partial charge in [-0.3, -0.25) is 4.40 Å². The van der Waals surface area contributed by atoms with Crippen molar-refractivity contribution in [2.75, 3.05) is 5.73 Å². The average molecular weight is 251 g/mol. The second-order valence-electron chi connectivity index (χ2n) is 3.27. The van der Waals surface area contributed by atoms with Crippen LogP contribution < -0.4 is 5.73 Å². The lowest BCUT2D eigenvalue weighted by molar-refractivity contribution is 1.12. The molecule has 3 aromatic rings. The van der Waals surface area contributed by atoms with Crippen LogP contribution in [0.1, 0.15) is 0 Å². The summed E-state index contributed by atoms with van der Waals surface area (Å²) in [6, 6.07) is 5.70. The van der Waals surface area contributed by atoms with Crippen LogP contribution in [0.4, 0.5) is 5.69 Å². The van der Waals surface area contributed by atoms with Gasteiger partial charge in [0.1, 0.15) is 0 Å². The van der Waals surface area contributed by atoms with E-state index in [1.807, 2.05) is 28.1 Å². The lowest BCUT2D eigenvalue weighted by Gasteiger charge is -2.00. The molecule has 0 aliphatic rings. The molecule has 16 heavy (non-hydrogen) atoms. The third kappa shape index (κ3) is 1.29. The van der Waals surface area contributed by atoms with E-state index in [9.17, 15) is 0 Å². The van der Waals surface area contributed by atoms with E-state index in [-0.39, 0.29) is 0 Å². The summed E-state index contributed by atoms with van der Waals surface area (Å²) in [4.78, 5) is 1.05. The maximum Gasteiger partial charge on any atom is 0.185 e. The molecule has 3 aromatic heterocycles. The minimum Gasteiger partial charge on any atom is -0.394 e. The minimum absolute atomic E-state index is 0.458. The first kappa shape index (κ1) is 9.62. The molecule has 0 atom stereocenters. The molecule has 4 nitrogen and oxygen atoms in total. The van der Waals surface area contributed by atoms with Gasteiger partial charge in [-0.2, -0.15) is 0 Å². The molecule has 0 radical (unpaired) electrons. The fourth-order valence-electron chi connectivity index (χ4n) is 1.53. The highest BCUT2D eigenvalue weighted by Gasteiger charge is 2.12. The molecular weight excluding hydrogens is 244 g/mol. The molecule has 3 heterocycles. The van der Waals surface area contributed by atoms with Gasteiger partial charge in [0.05, 0.1) is 15.6 Å². The number of anilines is 1. The molecule has 0 unspecified atom stereocenters. The molecule has 6 heteroatoms. The average Bonchev–Trinajstić information content (AvgIpc) is 2.91. The number of fused-ring (bicyclic) bond motifs is 1. The number of rotatable bonds is 1. The highest BCUT2D eigenvalue weighted by molar-refractivity contribution is 7.13. The predicted octanol–water partition coefficient (Wildman–Crippen LogP) is 2.69. The molecule has 0 spiro atoms. The van der Waals surface area contributed by atoms with Crippen LogP contribution in [0.15, 0.2) is 29.8 Å². The van der Waals surface area contributed by atoms with Crippen molar-refractivity contribution in [3.8, 4) is 10.7 Å². The Kier molecular flexibility index (Phi) is 2.08. The number of pyridine rings is 1. The number of nitrogens with two attached hydrogens (primary N) is 1. The van der Waals surface area contributed by atoms with E-state index in [0.717, 1.165) is 10.7 Å². The third-order valence-corrected chi connectivity index (χ3v) is 3.50. The zero-order valence-electron chi connectivity index (χ0n) is 8.09. The summed E-state index contributed by atoms with van der Waals surface area (Å²) in [6.07, 6.45) is 1.82. The van der Waals surface area contributed by atoms with Crippen molar-refractivity contribution in [2.24, 2.45) is 0 Å². The molecule has 0 amide bonds. The van der Waals surface area contributed by atoms with Gasteiger partial charge >= 0.3 is 0 Å². The van der Waals surface area contributed by atoms with E-state index >= 15 is 0 Å². The molecule has 0 aliphatic carbocycles. The highest BCUT2D eigenvalue weighted by atomic mass is 35.5. The van der Waals surface area contributed by atoms with Gasteiger partial charge < -0.3 is 5.73 Å². The Hall–Kier alpha value is -1.59. The Labute approximate surface area is 100 Å². The van der Waals surface area contributed by atoms with Crippen LogP contribution >= 0.6 is 22.9 Å². The second kappa shape index (κ2) is 3.47. The van der Waals surface area contributed by atoms with Gasteiger partial charge in [-0.05, 0) is 17.5 Å². The lowest BCUT2D eigenvalue weighted by atomic mass is 10.4. The van der Waals surface area contributed by atoms with Gasteiger partial charge in [-0.25, -0.2) is 0 Å². The number of nitrogen functional groups attached to an aromatic ring is 1. The summed E-state index contributed by atoms with van der Waals surface area (Å²) in [6.45, 7) is 0. The number of halogens is 1. The van der Waals surface area contributed by atoms with Crippen LogP contribution in [0.5, 0.6) is 0 Å². The molecule has 3 rings (SSSR count). The van der Waals surface area contributed by atoms with Crippen molar-refractivity contribution in [1.82, 2.24) is 14.6 Å². The molecule has 0 aromatic carbocycles. The first-order chi connectivity index (χ1) is 7.77. The molecule has 0 saturated heterocycles. The number of hydrogen-bond donors (Lipinski definition) is 1. The summed E-state index contributed by atoms with van der Waals surface area (Å²) in [5.74, 6) is 0.786. The maximum absolute atomic E-state index is 5.92. The van der Waals surface area contributed by atoms with Crippen molar-refractivity contribution in [1.29, 1.82) is 0 Å². The largest absolute Gasteiger partial charge is 0.394 e. The Bertz CT molecular complexity index is 644. The smallest absolute Gasteiger partial charge is 0.185 e. The van der Waals surface area contributed by atoms with E-state index in [1.165, 1.54) is 0 Å². The van der Waals surface area contributed by atoms with Crippen molar-refractivity contribution in [2.45, 2.75) is 0 Å². The zero-order chi connectivity index (χ0) is 11.1. The third-order valence-electron chi connectivity index (χ3n) is 2.31. The van der Waals surface area contributed by atoms with Gasteiger partial charge in [0.2, 0.25) is 0 Å². The monoisotopic (exact) mass is 250 g/mol. The van der Waals surface area contributed by atoms with Crippen LogP contribution in [0.2, 0.25) is 5.02 Å². The van der Waals surface area contributed by atoms with Gasteiger partial charge in [0.25, 0.3) is 0 Å². The summed E-state index contributed by atoms with van der Waals surface area (Å²) in [7, 11) is 0. The lowest BCUT2D eigenvalue weighted by Crippen LogP contribution is -1.94. The molecule has 2 N–H and O–H groups in total. The Balaban J connectivity index is 2.34. The van der Waals surface area contributed by atoms with Crippen molar-refractivity contribution >= 4 is 34.3 Å². The number of aromatic nitrogens is 3. The summed E-state index contributed by atoms with van der Waals surface area (Å²) in [5.41, 5.74) is 6.88. The fraction of sp³-hybridized carbons (Fsp3) is 0. The van der Waals surface area contributed by atoms with Crippen LogP contribution in [0.25, 0.3) is 16.3 Å². The normalized spacial score (nSPS) is 11.1. The van der Waals surface area contributed by atoms with Gasteiger partial charge in [0, 0.05) is 6.20 Å². The fourth-order valence-corrected chi connectivity index (χ4v) is 2.37. The first-order valence-electron chi connectivity index (χ1n) is 4.60. The minimum atomic E-state index is 0.458. The molecule has 0 saturated carbocycles. The molecule has 0 bridgehead atoms. The standard InChI is InChI=1S/C10H7ClN4S/c11-6-3-4-15-9(7-2-1-5-16-7)13-14-10(15)8(6)12/h1-5H,12H2. The highest BCUT2D eigenvalue weighted by Crippen LogP contribution is 2.28. The first-order valence-corrected chi connectivity index (χ1v) is 5.86. The summed E-state index contributed by atoms with van der Waals surface area (Å²) < 4.78 is 1.84. The van der Waals surface area contributed by atoms with Gasteiger partial charge in [0.15, 0.2) is 11.5 Å². The number of hydrogen-bond acceptors (Lipinski definition) is 4. The van der Waals surface area contributed by atoms with Crippen LogP contribution in [0.3, 0.4) is 0 Å². The van der Waals surface area contributed by atoms with Crippen LogP contribution in [0, 0.1) is 0 Å². The van der Waals surface area contributed by atoms with E-state index in [2.05, 4.69) is 10.2 Å². The molecular formula is C10H7ClN4S. The van der Waals surface area contributed by atoms with Crippen molar-refractivity contribution in [3.63, 3.8) is 0 Å². The van der Waals surface area contributed by atoms with E-state index in [0.29, 0.717) is 16.4 Å². The predicted molar refractivity (Wildman–Crippen MR) is 65.7 cm³/mol. The van der Waals surface area contributed by atoms with Crippen LogP contribution in [-0.2, 0) is 0 Å². The molecule has 0 fully saturated rings. The number of thiophene rings is 1. The van der Waals surface area contributed by atoms with E-state index < -0.39 is 0 Å². The maximum atomic E-state index is 5.92. The quantitative estimate of drug-likeness (QED) is 0.722. The van der Waals surface area contributed by atoms with Gasteiger partial charge in [-0.15, -0.1) is 21.5 Å². The van der Waals surface area contributed by atoms with E-state index in [4.69, 9.17) is 17.3 Å². The number of nitrogens with zero attached hydrogens (tertiary/aromatic N) is 3. The molecule has 0 aliphatic heterocycles. The van der Waals surface area contributed by atoms with Crippen molar-refractivity contribution in [3.05, 3.63) is 34.8 Å². The second-order valence-corrected chi connectivity index (χ2v) is 4.63. The van der Waals surface area contributed by atoms with E-state index in [1.54, 1.807) is 17.4 Å². The SMILES string of the molecule is Nc1c(Cl)ccn2c(-c3cccs3)nnc12. The topological polar surface area (TPSA) is 56.2 Å². The van der Waals surface area contributed by atoms with Crippen LogP contribution in [-0.4, -0.2) is 14.6 Å². The van der Waals surface area contributed by atoms with Crippen molar-refractivity contribution < 1.29 is 0 Å². The zero-order valence-corrected chi connectivity index (χ0v) is 9.66. The summed E-state index contributed by atoms with van der Waals surface area (Å²) >= 11 is 7.53. The molecule has 80 valence electrons. The van der Waals surface area contributed by atoms with Gasteiger partial charge in [-0.1, -0.05) is 17.7 Å². The Morgan fingerprint density at radius 2 is 2.19 bits per heavy atom. The Morgan fingerprint density at radius 3 is 2.94 bits per heavy atom.